The van der Waals surface area contributed by atoms with E-state index in [-0.39, 0.29) is 23.7 Å². The van der Waals surface area contributed by atoms with Gasteiger partial charge in [0.05, 0.1) is 24.8 Å². The van der Waals surface area contributed by atoms with Crippen LogP contribution < -0.4 is 0 Å². The van der Waals surface area contributed by atoms with Crippen LogP contribution in [0.1, 0.15) is 36.4 Å². The second-order valence-electron chi connectivity index (χ2n) is 7.50. The lowest BCUT2D eigenvalue weighted by Crippen LogP contribution is -2.37. The number of amides is 1. The highest BCUT2D eigenvalue weighted by atomic mass is 16.5. The Morgan fingerprint density at radius 3 is 2.62 bits per heavy atom. The van der Waals surface area contributed by atoms with Gasteiger partial charge < -0.3 is 14.4 Å². The van der Waals surface area contributed by atoms with E-state index in [1.807, 2.05) is 50.4 Å². The van der Waals surface area contributed by atoms with Crippen molar-refractivity contribution in [3.8, 4) is 0 Å². The number of nitrogens with zero attached hydrogens (tertiary/aromatic N) is 3. The summed E-state index contributed by atoms with van der Waals surface area (Å²) in [5, 5.41) is 4.49. The van der Waals surface area contributed by atoms with Gasteiger partial charge in [-0.3, -0.25) is 14.3 Å². The van der Waals surface area contributed by atoms with E-state index in [1.165, 1.54) is 7.11 Å². The predicted molar refractivity (Wildman–Crippen MR) is 108 cm³/mol. The van der Waals surface area contributed by atoms with Gasteiger partial charge >= 0.3 is 5.97 Å². The second-order valence-corrected chi connectivity index (χ2v) is 7.50. The first-order valence-electron chi connectivity index (χ1n) is 9.97. The van der Waals surface area contributed by atoms with Crippen LogP contribution in [0.4, 0.5) is 0 Å². The zero-order valence-electron chi connectivity index (χ0n) is 17.5. The van der Waals surface area contributed by atoms with Crippen molar-refractivity contribution >= 4 is 11.9 Å². The van der Waals surface area contributed by atoms with Gasteiger partial charge in [0, 0.05) is 26.4 Å². The molecule has 29 heavy (non-hydrogen) atoms. The van der Waals surface area contributed by atoms with Crippen LogP contribution in [-0.4, -0.2) is 46.8 Å². The zero-order valence-corrected chi connectivity index (χ0v) is 17.5. The van der Waals surface area contributed by atoms with E-state index in [0.717, 1.165) is 23.4 Å². The SMILES string of the molecule is CCOC(=O)[C@@H]1C[C@H]1CN(Cc1cc(C)n(C)n1)C(=O)[C@H](OC)c1ccccc1. The van der Waals surface area contributed by atoms with Gasteiger partial charge in [-0.2, -0.15) is 5.10 Å². The maximum atomic E-state index is 13.4. The number of hydrogen-bond acceptors (Lipinski definition) is 5. The van der Waals surface area contributed by atoms with E-state index in [4.69, 9.17) is 9.47 Å². The first-order valence-corrected chi connectivity index (χ1v) is 9.97. The highest BCUT2D eigenvalue weighted by molar-refractivity contribution is 5.82. The summed E-state index contributed by atoms with van der Waals surface area (Å²) in [6, 6.07) is 11.4. The van der Waals surface area contributed by atoms with Crippen LogP contribution in [0.5, 0.6) is 0 Å². The average Bonchev–Trinajstić information content (AvgIpc) is 3.40. The van der Waals surface area contributed by atoms with Crippen molar-refractivity contribution in [3.05, 3.63) is 53.3 Å². The molecular weight excluding hydrogens is 370 g/mol. The van der Waals surface area contributed by atoms with E-state index < -0.39 is 6.10 Å². The first kappa shape index (κ1) is 21.0. The largest absolute Gasteiger partial charge is 0.466 e. The third kappa shape index (κ3) is 5.03. The number of ether oxygens (including phenoxy) is 2. The summed E-state index contributed by atoms with van der Waals surface area (Å²) in [4.78, 5) is 27.2. The Morgan fingerprint density at radius 1 is 1.31 bits per heavy atom. The van der Waals surface area contributed by atoms with Gasteiger partial charge in [-0.25, -0.2) is 0 Å². The smallest absolute Gasteiger partial charge is 0.309 e. The Kier molecular flexibility index (Phi) is 6.69. The van der Waals surface area contributed by atoms with Crippen molar-refractivity contribution in [1.82, 2.24) is 14.7 Å². The minimum absolute atomic E-state index is 0.107. The molecule has 0 bridgehead atoms. The number of carbonyl (C=O) groups excluding carboxylic acids is 2. The lowest BCUT2D eigenvalue weighted by molar-refractivity contribution is -0.147. The summed E-state index contributed by atoms with van der Waals surface area (Å²) >= 11 is 0. The molecule has 1 aromatic heterocycles. The van der Waals surface area contributed by atoms with Crippen molar-refractivity contribution < 1.29 is 19.1 Å². The number of methoxy groups -OCH3 is 1. The van der Waals surface area contributed by atoms with Gasteiger partial charge in [-0.05, 0) is 37.8 Å². The number of aromatic nitrogens is 2. The van der Waals surface area contributed by atoms with E-state index in [2.05, 4.69) is 5.10 Å². The monoisotopic (exact) mass is 399 g/mol. The Labute approximate surface area is 171 Å². The van der Waals surface area contributed by atoms with Gasteiger partial charge in [-0.1, -0.05) is 30.3 Å². The lowest BCUT2D eigenvalue weighted by Gasteiger charge is -2.26. The Bertz CT molecular complexity index is 829. The molecule has 0 N–H and O–H groups in total. The molecule has 1 heterocycles. The van der Waals surface area contributed by atoms with Gasteiger partial charge in [0.15, 0.2) is 6.10 Å². The number of benzene rings is 1. The van der Waals surface area contributed by atoms with Gasteiger partial charge in [0.25, 0.3) is 5.91 Å². The van der Waals surface area contributed by atoms with Crippen LogP contribution in [0.15, 0.2) is 36.4 Å². The molecule has 0 spiro atoms. The molecule has 1 amide bonds. The molecule has 1 aliphatic carbocycles. The van der Waals surface area contributed by atoms with E-state index in [0.29, 0.717) is 19.7 Å². The number of carbonyl (C=O) groups is 2. The fraction of sp³-hybridized carbons (Fsp3) is 0.500. The van der Waals surface area contributed by atoms with Crippen LogP contribution in [-0.2, 0) is 32.7 Å². The molecular formula is C22H29N3O4. The summed E-state index contributed by atoms with van der Waals surface area (Å²) in [7, 11) is 3.42. The highest BCUT2D eigenvalue weighted by Crippen LogP contribution is 2.40. The molecule has 156 valence electrons. The third-order valence-electron chi connectivity index (χ3n) is 5.36. The summed E-state index contributed by atoms with van der Waals surface area (Å²) in [6.07, 6.45) is 0.0492. The predicted octanol–water partition coefficient (Wildman–Crippen LogP) is 2.64. The van der Waals surface area contributed by atoms with E-state index in [9.17, 15) is 9.59 Å². The quantitative estimate of drug-likeness (QED) is 0.606. The van der Waals surface area contributed by atoms with Crippen molar-refractivity contribution in [3.63, 3.8) is 0 Å². The number of hydrogen-bond donors (Lipinski definition) is 0. The molecule has 1 saturated carbocycles. The topological polar surface area (TPSA) is 73.7 Å². The van der Waals surface area contributed by atoms with E-state index in [1.54, 1.807) is 16.5 Å². The molecule has 0 unspecified atom stereocenters. The molecule has 3 atom stereocenters. The standard InChI is InChI=1S/C22H29N3O4/c1-5-29-22(27)19-12-17(19)13-25(14-18-11-15(2)24(3)23-18)21(26)20(28-4)16-9-7-6-8-10-16/h6-11,17,19-20H,5,12-14H2,1-4H3/t17-,19+,20+/m0/s1. The molecule has 1 aromatic carbocycles. The number of esters is 1. The fourth-order valence-electron chi connectivity index (χ4n) is 3.58. The van der Waals surface area contributed by atoms with Crippen molar-refractivity contribution in [2.24, 2.45) is 18.9 Å². The fourth-order valence-corrected chi connectivity index (χ4v) is 3.58. The van der Waals surface area contributed by atoms with Crippen LogP contribution in [0.25, 0.3) is 0 Å². The Hall–Kier alpha value is -2.67. The normalized spacial score (nSPS) is 18.9. The molecule has 0 saturated heterocycles. The van der Waals surface area contributed by atoms with Gasteiger partial charge in [0.1, 0.15) is 0 Å². The highest BCUT2D eigenvalue weighted by Gasteiger charge is 2.46. The summed E-state index contributed by atoms with van der Waals surface area (Å²) in [6.45, 7) is 5.00. The van der Waals surface area contributed by atoms with Crippen molar-refractivity contribution in [2.75, 3.05) is 20.3 Å². The number of rotatable bonds is 9. The van der Waals surface area contributed by atoms with Crippen LogP contribution >= 0.6 is 0 Å². The van der Waals surface area contributed by atoms with E-state index >= 15 is 0 Å². The second kappa shape index (κ2) is 9.22. The summed E-state index contributed by atoms with van der Waals surface area (Å²) in [5.41, 5.74) is 2.64. The maximum absolute atomic E-state index is 13.4. The Morgan fingerprint density at radius 2 is 2.03 bits per heavy atom. The molecule has 7 heteroatoms. The lowest BCUT2D eigenvalue weighted by atomic mass is 10.1. The zero-order chi connectivity index (χ0) is 21.0. The molecule has 7 nitrogen and oxygen atoms in total. The van der Waals surface area contributed by atoms with Crippen LogP contribution in [0.3, 0.4) is 0 Å². The summed E-state index contributed by atoms with van der Waals surface area (Å²) < 4.78 is 12.5. The third-order valence-corrected chi connectivity index (χ3v) is 5.36. The molecule has 3 rings (SSSR count). The molecule has 0 aliphatic heterocycles. The summed E-state index contributed by atoms with van der Waals surface area (Å²) in [5.74, 6) is -0.328. The first-order chi connectivity index (χ1) is 13.9. The maximum Gasteiger partial charge on any atom is 0.309 e. The molecule has 2 aromatic rings. The van der Waals surface area contributed by atoms with Crippen molar-refractivity contribution in [1.29, 1.82) is 0 Å². The molecule has 0 radical (unpaired) electrons. The van der Waals surface area contributed by atoms with Crippen molar-refractivity contribution in [2.45, 2.75) is 32.9 Å². The Balaban J connectivity index is 1.78. The van der Waals surface area contributed by atoms with Crippen LogP contribution in [0.2, 0.25) is 0 Å². The van der Waals surface area contributed by atoms with Crippen LogP contribution in [0, 0.1) is 18.8 Å². The average molecular weight is 399 g/mol. The van der Waals surface area contributed by atoms with Gasteiger partial charge in [-0.15, -0.1) is 0 Å². The molecule has 1 fully saturated rings. The van der Waals surface area contributed by atoms with Gasteiger partial charge in [0.2, 0.25) is 0 Å². The minimum Gasteiger partial charge on any atom is -0.466 e. The molecule has 1 aliphatic rings. The number of aryl methyl sites for hydroxylation is 2. The minimum atomic E-state index is -0.694.